The van der Waals surface area contributed by atoms with Crippen LogP contribution in [0.2, 0.25) is 0 Å². The molecule has 5 rings (SSSR count). The Morgan fingerprint density at radius 1 is 1.00 bits per heavy atom. The van der Waals surface area contributed by atoms with E-state index in [1.54, 1.807) is 18.5 Å². The molecule has 0 amide bonds. The number of nitrogens with zero attached hydrogens (tertiary/aromatic N) is 3. The highest BCUT2D eigenvalue weighted by molar-refractivity contribution is 5.89. The Bertz CT molecular complexity index is 932. The molecule has 3 atom stereocenters. The van der Waals surface area contributed by atoms with Crippen LogP contribution in [0.25, 0.3) is 22.0 Å². The van der Waals surface area contributed by atoms with Crippen molar-refractivity contribution < 1.29 is 9.84 Å². The predicted molar refractivity (Wildman–Crippen MR) is 98.0 cm³/mol. The summed E-state index contributed by atoms with van der Waals surface area (Å²) in [6.45, 7) is 0. The Morgan fingerprint density at radius 2 is 1.85 bits per heavy atom. The third-order valence-corrected chi connectivity index (χ3v) is 5.39. The normalized spacial score (nSPS) is 24.7. The van der Waals surface area contributed by atoms with Crippen molar-refractivity contribution in [1.82, 2.24) is 20.5 Å². The van der Waals surface area contributed by atoms with Gasteiger partial charge in [-0.25, -0.2) is 0 Å². The number of rotatable bonds is 3. The summed E-state index contributed by atoms with van der Waals surface area (Å²) in [5.74, 6) is 0.716. The van der Waals surface area contributed by atoms with Crippen molar-refractivity contribution in [3.8, 4) is 22.9 Å². The van der Waals surface area contributed by atoms with Gasteiger partial charge in [-0.2, -0.15) is 0 Å². The van der Waals surface area contributed by atoms with Gasteiger partial charge in [0, 0.05) is 41.5 Å². The molecule has 0 spiro atoms. The maximum absolute atomic E-state index is 10.3. The van der Waals surface area contributed by atoms with Crippen molar-refractivity contribution in [1.29, 1.82) is 0 Å². The van der Waals surface area contributed by atoms with E-state index in [-0.39, 0.29) is 11.9 Å². The van der Waals surface area contributed by atoms with Crippen LogP contribution in [0.3, 0.4) is 0 Å². The number of piperidine rings is 1. The van der Waals surface area contributed by atoms with Crippen LogP contribution in [0.15, 0.2) is 42.7 Å². The number of phenols is 1. The van der Waals surface area contributed by atoms with Gasteiger partial charge in [-0.3, -0.25) is 4.98 Å². The Morgan fingerprint density at radius 3 is 2.62 bits per heavy atom. The van der Waals surface area contributed by atoms with Crippen molar-refractivity contribution in [3.05, 3.63) is 42.7 Å². The first kappa shape index (κ1) is 15.5. The van der Waals surface area contributed by atoms with Gasteiger partial charge >= 0.3 is 0 Å². The fourth-order valence-electron chi connectivity index (χ4n) is 4.13. The third kappa shape index (κ3) is 2.86. The number of hydrogen-bond donors (Lipinski definition) is 2. The Kier molecular flexibility index (Phi) is 3.71. The van der Waals surface area contributed by atoms with Gasteiger partial charge in [0.2, 0.25) is 5.88 Å². The molecular formula is C20H20N4O2. The van der Waals surface area contributed by atoms with Gasteiger partial charge in [0.25, 0.3) is 0 Å². The molecule has 2 aliphatic rings. The maximum atomic E-state index is 10.3. The van der Waals surface area contributed by atoms with Crippen molar-refractivity contribution >= 4 is 10.8 Å². The zero-order valence-electron chi connectivity index (χ0n) is 14.3. The number of aromatic hydroxyl groups is 1. The standard InChI is InChI=1S/C20H20N4O2/c25-19-8-13-11-21-6-5-12(13)7-17(19)18-3-4-20(24-23-18)26-16-9-14-1-2-15(10-16)22-14/h3-8,11,14-16,22,25H,1-2,9-10H2/t14-,15?,16?/m1/s1. The van der Waals surface area contributed by atoms with Gasteiger partial charge < -0.3 is 15.2 Å². The SMILES string of the molecule is Oc1cc2cnccc2cc1-c1ccc(OC2CC3CC[C@H](C2)N3)nn1. The molecule has 4 heterocycles. The molecule has 3 aromatic rings. The predicted octanol–water partition coefficient (Wildman–Crippen LogP) is 3.06. The monoisotopic (exact) mass is 348 g/mol. The largest absolute Gasteiger partial charge is 0.507 e. The second kappa shape index (κ2) is 6.21. The Hall–Kier alpha value is -2.73. The lowest BCUT2D eigenvalue weighted by Gasteiger charge is -2.28. The quantitative estimate of drug-likeness (QED) is 0.757. The van der Waals surface area contributed by atoms with Crippen LogP contribution in [-0.2, 0) is 0 Å². The molecule has 6 nitrogen and oxygen atoms in total. The molecule has 0 radical (unpaired) electrons. The van der Waals surface area contributed by atoms with E-state index < -0.39 is 0 Å². The molecule has 1 aromatic carbocycles. The van der Waals surface area contributed by atoms with Gasteiger partial charge in [-0.15, -0.1) is 10.2 Å². The van der Waals surface area contributed by atoms with E-state index in [0.717, 1.165) is 23.6 Å². The summed E-state index contributed by atoms with van der Waals surface area (Å²) in [6.07, 6.45) is 8.21. The first-order chi connectivity index (χ1) is 12.7. The van der Waals surface area contributed by atoms with E-state index in [1.165, 1.54) is 12.8 Å². The van der Waals surface area contributed by atoms with Crippen LogP contribution < -0.4 is 10.1 Å². The smallest absolute Gasteiger partial charge is 0.233 e. The molecule has 2 aliphatic heterocycles. The van der Waals surface area contributed by atoms with E-state index in [9.17, 15) is 5.11 Å². The number of fused-ring (bicyclic) bond motifs is 3. The summed E-state index contributed by atoms with van der Waals surface area (Å²) in [4.78, 5) is 4.08. The number of benzene rings is 1. The number of nitrogens with one attached hydrogen (secondary N) is 1. The van der Waals surface area contributed by atoms with E-state index in [1.807, 2.05) is 24.3 Å². The van der Waals surface area contributed by atoms with Crippen molar-refractivity contribution in [2.75, 3.05) is 0 Å². The van der Waals surface area contributed by atoms with Gasteiger partial charge in [0.1, 0.15) is 11.9 Å². The molecule has 2 aromatic heterocycles. The molecule has 26 heavy (non-hydrogen) atoms. The van der Waals surface area contributed by atoms with Crippen LogP contribution >= 0.6 is 0 Å². The minimum atomic E-state index is 0.170. The van der Waals surface area contributed by atoms with Crippen molar-refractivity contribution in [2.24, 2.45) is 0 Å². The van der Waals surface area contributed by atoms with Gasteiger partial charge in [0.15, 0.2) is 0 Å². The number of hydrogen-bond acceptors (Lipinski definition) is 6. The second-order valence-electron chi connectivity index (χ2n) is 7.20. The Balaban J connectivity index is 1.37. The van der Waals surface area contributed by atoms with Gasteiger partial charge in [0.05, 0.1) is 5.69 Å². The van der Waals surface area contributed by atoms with Gasteiger partial charge in [-0.05, 0) is 55.3 Å². The molecule has 2 saturated heterocycles. The van der Waals surface area contributed by atoms with E-state index in [0.29, 0.717) is 29.2 Å². The molecule has 6 heteroatoms. The van der Waals surface area contributed by atoms with Crippen LogP contribution in [0.4, 0.5) is 0 Å². The third-order valence-electron chi connectivity index (χ3n) is 5.39. The highest BCUT2D eigenvalue weighted by atomic mass is 16.5. The highest BCUT2D eigenvalue weighted by Gasteiger charge is 2.34. The molecule has 132 valence electrons. The Labute approximate surface area is 151 Å². The number of pyridine rings is 1. The van der Waals surface area contributed by atoms with E-state index >= 15 is 0 Å². The fourth-order valence-corrected chi connectivity index (χ4v) is 4.13. The molecule has 2 fully saturated rings. The molecule has 2 unspecified atom stereocenters. The van der Waals surface area contributed by atoms with Crippen molar-refractivity contribution in [2.45, 2.75) is 43.9 Å². The zero-order chi connectivity index (χ0) is 17.5. The fraction of sp³-hybridized carbons (Fsp3) is 0.350. The molecule has 2 N–H and O–H groups in total. The minimum absolute atomic E-state index is 0.170. The molecule has 2 bridgehead atoms. The summed E-state index contributed by atoms with van der Waals surface area (Å²) in [6, 6.07) is 10.4. The second-order valence-corrected chi connectivity index (χ2v) is 7.20. The van der Waals surface area contributed by atoms with Crippen LogP contribution in [0.1, 0.15) is 25.7 Å². The summed E-state index contributed by atoms with van der Waals surface area (Å²) in [5, 5.41) is 24.3. The van der Waals surface area contributed by atoms with Crippen molar-refractivity contribution in [3.63, 3.8) is 0 Å². The molecule has 0 saturated carbocycles. The average Bonchev–Trinajstić information content (AvgIpc) is 3.00. The summed E-state index contributed by atoms with van der Waals surface area (Å²) in [7, 11) is 0. The average molecular weight is 348 g/mol. The van der Waals surface area contributed by atoms with E-state index in [4.69, 9.17) is 4.74 Å². The van der Waals surface area contributed by atoms with E-state index in [2.05, 4.69) is 20.5 Å². The molecule has 0 aliphatic carbocycles. The van der Waals surface area contributed by atoms with Crippen LogP contribution in [0, 0.1) is 0 Å². The minimum Gasteiger partial charge on any atom is -0.507 e. The first-order valence-electron chi connectivity index (χ1n) is 9.08. The maximum Gasteiger partial charge on any atom is 0.233 e. The zero-order valence-corrected chi connectivity index (χ0v) is 14.3. The summed E-state index contributed by atoms with van der Waals surface area (Å²) < 4.78 is 6.04. The molecular weight excluding hydrogens is 328 g/mol. The lowest BCUT2D eigenvalue weighted by molar-refractivity contribution is 0.130. The first-order valence-corrected chi connectivity index (χ1v) is 9.08. The van der Waals surface area contributed by atoms with Crippen LogP contribution in [-0.4, -0.2) is 38.5 Å². The number of ether oxygens (including phenoxy) is 1. The van der Waals surface area contributed by atoms with Gasteiger partial charge in [-0.1, -0.05) is 0 Å². The number of aromatic nitrogens is 3. The number of phenolic OH excluding ortho intramolecular Hbond substituents is 1. The lowest BCUT2D eigenvalue weighted by atomic mass is 10.0. The lowest BCUT2D eigenvalue weighted by Crippen LogP contribution is -2.42. The topological polar surface area (TPSA) is 80.2 Å². The highest BCUT2D eigenvalue weighted by Crippen LogP contribution is 2.33. The summed E-state index contributed by atoms with van der Waals surface area (Å²) in [5.41, 5.74) is 1.28. The summed E-state index contributed by atoms with van der Waals surface area (Å²) >= 11 is 0. The van der Waals surface area contributed by atoms with Crippen LogP contribution in [0.5, 0.6) is 11.6 Å².